The highest BCUT2D eigenvalue weighted by molar-refractivity contribution is 6.32. The van der Waals surface area contributed by atoms with Crippen LogP contribution in [0.25, 0.3) is 22.0 Å². The minimum atomic E-state index is -0.00148. The molecule has 162 valence electrons. The quantitative estimate of drug-likeness (QED) is 0.431. The summed E-state index contributed by atoms with van der Waals surface area (Å²) in [6, 6.07) is 15.1. The van der Waals surface area contributed by atoms with Gasteiger partial charge in [0.25, 0.3) is 5.91 Å². The number of rotatable bonds is 3. The smallest absolute Gasteiger partial charge is 0.271 e. The van der Waals surface area contributed by atoms with Crippen molar-refractivity contribution in [3.8, 4) is 11.1 Å². The first-order chi connectivity index (χ1) is 15.5. The molecule has 4 aromatic rings. The standard InChI is InChI=1S/C24H21Cl2N5O/c1-29-20-8-7-18(26)15-19(20)21(16-3-5-17(25)6-4-16)22(29)23(32)30-11-13-31(14-12-30)24-27-9-2-10-28-24/h2-10,15H,11-14H2,1H3. The van der Waals surface area contributed by atoms with Gasteiger partial charge in [-0.1, -0.05) is 35.3 Å². The van der Waals surface area contributed by atoms with E-state index in [-0.39, 0.29) is 5.91 Å². The zero-order valence-corrected chi connectivity index (χ0v) is 19.0. The zero-order valence-electron chi connectivity index (χ0n) is 17.5. The zero-order chi connectivity index (χ0) is 22.2. The molecule has 0 unspecified atom stereocenters. The Hall–Kier alpha value is -3.09. The third-order valence-corrected chi connectivity index (χ3v) is 6.39. The second-order valence-electron chi connectivity index (χ2n) is 7.78. The summed E-state index contributed by atoms with van der Waals surface area (Å²) in [7, 11) is 1.93. The average molecular weight is 466 g/mol. The van der Waals surface area contributed by atoms with Crippen molar-refractivity contribution >= 4 is 46.0 Å². The summed E-state index contributed by atoms with van der Waals surface area (Å²) >= 11 is 12.4. The Bertz CT molecular complexity index is 1280. The number of aromatic nitrogens is 3. The van der Waals surface area contributed by atoms with Crippen LogP contribution < -0.4 is 4.90 Å². The molecule has 0 N–H and O–H groups in total. The third kappa shape index (κ3) is 3.70. The van der Waals surface area contributed by atoms with Gasteiger partial charge < -0.3 is 14.4 Å². The van der Waals surface area contributed by atoms with Gasteiger partial charge in [-0.2, -0.15) is 0 Å². The lowest BCUT2D eigenvalue weighted by molar-refractivity contribution is 0.0738. The maximum absolute atomic E-state index is 13.8. The van der Waals surface area contributed by atoms with Crippen LogP contribution in [0, 0.1) is 0 Å². The van der Waals surface area contributed by atoms with E-state index in [2.05, 4.69) is 14.9 Å². The summed E-state index contributed by atoms with van der Waals surface area (Å²) in [5.41, 5.74) is 3.41. The summed E-state index contributed by atoms with van der Waals surface area (Å²) in [6.45, 7) is 2.56. The molecule has 1 fully saturated rings. The monoisotopic (exact) mass is 465 g/mol. The van der Waals surface area contributed by atoms with Crippen LogP contribution in [0.2, 0.25) is 10.0 Å². The molecular weight excluding hydrogens is 445 g/mol. The van der Waals surface area contributed by atoms with Crippen molar-refractivity contribution in [1.29, 1.82) is 0 Å². The van der Waals surface area contributed by atoms with Gasteiger partial charge in [0.2, 0.25) is 5.95 Å². The molecule has 3 heterocycles. The summed E-state index contributed by atoms with van der Waals surface area (Å²) in [6.07, 6.45) is 3.47. The van der Waals surface area contributed by atoms with Gasteiger partial charge in [0.05, 0.1) is 0 Å². The second-order valence-corrected chi connectivity index (χ2v) is 8.65. The van der Waals surface area contributed by atoms with Gasteiger partial charge >= 0.3 is 0 Å². The fraction of sp³-hybridized carbons (Fsp3) is 0.208. The van der Waals surface area contributed by atoms with Crippen molar-refractivity contribution in [2.45, 2.75) is 0 Å². The average Bonchev–Trinajstić information content (AvgIpc) is 3.11. The predicted octanol–water partition coefficient (Wildman–Crippen LogP) is 4.90. The van der Waals surface area contributed by atoms with Crippen LogP contribution in [0.5, 0.6) is 0 Å². The molecule has 0 aliphatic carbocycles. The van der Waals surface area contributed by atoms with Crippen LogP contribution in [-0.2, 0) is 7.05 Å². The van der Waals surface area contributed by atoms with E-state index in [1.165, 1.54) is 0 Å². The SMILES string of the molecule is Cn1c(C(=O)N2CCN(c3ncccn3)CC2)c(-c2ccc(Cl)cc2)c2cc(Cl)ccc21. The normalized spacial score (nSPS) is 14.2. The molecule has 0 spiro atoms. The van der Waals surface area contributed by atoms with E-state index in [0.717, 1.165) is 22.0 Å². The Morgan fingerprint density at radius 1 is 0.906 bits per heavy atom. The van der Waals surface area contributed by atoms with Crippen LogP contribution in [-0.4, -0.2) is 51.5 Å². The minimum absolute atomic E-state index is 0.00148. The lowest BCUT2D eigenvalue weighted by atomic mass is 10.0. The van der Waals surface area contributed by atoms with Crippen molar-refractivity contribution in [1.82, 2.24) is 19.4 Å². The predicted molar refractivity (Wildman–Crippen MR) is 129 cm³/mol. The number of hydrogen-bond acceptors (Lipinski definition) is 4. The van der Waals surface area contributed by atoms with E-state index in [9.17, 15) is 4.79 Å². The third-order valence-electron chi connectivity index (χ3n) is 5.90. The molecule has 1 aliphatic rings. The van der Waals surface area contributed by atoms with E-state index in [4.69, 9.17) is 23.2 Å². The van der Waals surface area contributed by atoms with Gasteiger partial charge in [-0.3, -0.25) is 4.79 Å². The molecule has 32 heavy (non-hydrogen) atoms. The van der Waals surface area contributed by atoms with Gasteiger partial charge in [-0.05, 0) is 42.0 Å². The van der Waals surface area contributed by atoms with Crippen LogP contribution in [0.15, 0.2) is 60.9 Å². The summed E-state index contributed by atoms with van der Waals surface area (Å²) < 4.78 is 1.96. The number of piperazine rings is 1. The molecule has 0 radical (unpaired) electrons. The number of carbonyl (C=O) groups excluding carboxylic acids is 1. The molecule has 0 atom stereocenters. The number of halogens is 2. The number of hydrogen-bond donors (Lipinski definition) is 0. The Kier molecular flexibility index (Phi) is 5.49. The molecule has 0 bridgehead atoms. The van der Waals surface area contributed by atoms with Crippen LogP contribution in [0.4, 0.5) is 5.95 Å². The summed E-state index contributed by atoms with van der Waals surface area (Å²) in [4.78, 5) is 26.4. The highest BCUT2D eigenvalue weighted by atomic mass is 35.5. The van der Waals surface area contributed by atoms with Gasteiger partial charge in [0.1, 0.15) is 5.69 Å². The van der Waals surface area contributed by atoms with Crippen molar-refractivity contribution in [2.75, 3.05) is 31.1 Å². The van der Waals surface area contributed by atoms with Gasteiger partial charge in [-0.15, -0.1) is 0 Å². The summed E-state index contributed by atoms with van der Waals surface area (Å²) in [5, 5.41) is 2.23. The van der Waals surface area contributed by atoms with Crippen molar-refractivity contribution in [3.05, 3.63) is 76.7 Å². The topological polar surface area (TPSA) is 54.3 Å². The van der Waals surface area contributed by atoms with E-state index in [0.29, 0.717) is 47.9 Å². The van der Waals surface area contributed by atoms with Gasteiger partial charge in [0.15, 0.2) is 0 Å². The van der Waals surface area contributed by atoms with Crippen LogP contribution in [0.3, 0.4) is 0 Å². The molecule has 1 saturated heterocycles. The largest absolute Gasteiger partial charge is 0.339 e. The van der Waals surface area contributed by atoms with E-state index >= 15 is 0 Å². The van der Waals surface area contributed by atoms with E-state index < -0.39 is 0 Å². The second kappa shape index (κ2) is 8.45. The van der Waals surface area contributed by atoms with Gasteiger partial charge in [-0.25, -0.2) is 9.97 Å². The highest BCUT2D eigenvalue weighted by Crippen LogP contribution is 2.37. The van der Waals surface area contributed by atoms with E-state index in [1.54, 1.807) is 18.5 Å². The fourth-order valence-electron chi connectivity index (χ4n) is 4.29. The first-order valence-electron chi connectivity index (χ1n) is 10.4. The lowest BCUT2D eigenvalue weighted by Gasteiger charge is -2.34. The van der Waals surface area contributed by atoms with Crippen molar-refractivity contribution in [2.24, 2.45) is 7.05 Å². The number of benzene rings is 2. The number of anilines is 1. The Morgan fingerprint density at radius 2 is 1.56 bits per heavy atom. The lowest BCUT2D eigenvalue weighted by Crippen LogP contribution is -2.49. The number of carbonyl (C=O) groups is 1. The maximum Gasteiger partial charge on any atom is 0.271 e. The Labute approximate surface area is 196 Å². The number of amides is 1. The number of aryl methyl sites for hydroxylation is 1. The summed E-state index contributed by atoms with van der Waals surface area (Å²) in [5.74, 6) is 0.694. The molecular formula is C24H21Cl2N5O. The maximum atomic E-state index is 13.8. The molecule has 0 saturated carbocycles. The van der Waals surface area contributed by atoms with Crippen LogP contribution >= 0.6 is 23.2 Å². The van der Waals surface area contributed by atoms with Crippen molar-refractivity contribution < 1.29 is 4.79 Å². The Morgan fingerprint density at radius 3 is 2.25 bits per heavy atom. The fourth-order valence-corrected chi connectivity index (χ4v) is 4.59. The highest BCUT2D eigenvalue weighted by Gasteiger charge is 2.29. The molecule has 2 aromatic heterocycles. The molecule has 1 aliphatic heterocycles. The van der Waals surface area contributed by atoms with Crippen molar-refractivity contribution in [3.63, 3.8) is 0 Å². The molecule has 5 rings (SSSR count). The molecule has 6 nitrogen and oxygen atoms in total. The molecule has 8 heteroatoms. The number of nitrogens with zero attached hydrogens (tertiary/aromatic N) is 5. The van der Waals surface area contributed by atoms with E-state index in [1.807, 2.05) is 59.0 Å². The molecule has 1 amide bonds. The Balaban J connectivity index is 1.52. The first kappa shape index (κ1) is 20.8. The number of fused-ring (bicyclic) bond motifs is 1. The first-order valence-corrected chi connectivity index (χ1v) is 11.1. The molecule has 2 aromatic carbocycles. The van der Waals surface area contributed by atoms with Crippen LogP contribution in [0.1, 0.15) is 10.5 Å². The minimum Gasteiger partial charge on any atom is -0.339 e. The van der Waals surface area contributed by atoms with Gasteiger partial charge in [0, 0.05) is 72.1 Å².